The molecule has 0 bridgehead atoms. The van der Waals surface area contributed by atoms with Gasteiger partial charge in [0.15, 0.2) is 0 Å². The third-order valence-corrected chi connectivity index (χ3v) is 2.11. The summed E-state index contributed by atoms with van der Waals surface area (Å²) in [6.07, 6.45) is -3.56. The van der Waals surface area contributed by atoms with E-state index in [4.69, 9.17) is 5.73 Å². The van der Waals surface area contributed by atoms with Crippen LogP contribution in [0.4, 0.5) is 13.2 Å². The summed E-state index contributed by atoms with van der Waals surface area (Å²) in [4.78, 5) is 0. The molecule has 1 aromatic rings. The number of halogens is 3. The van der Waals surface area contributed by atoms with Crippen LogP contribution in [0, 0.1) is 0 Å². The van der Waals surface area contributed by atoms with Gasteiger partial charge in [0.05, 0.1) is 5.56 Å². The second kappa shape index (κ2) is 4.00. The minimum absolute atomic E-state index is 0.183. The lowest BCUT2D eigenvalue weighted by atomic mass is 10.0. The fourth-order valence-electron chi connectivity index (χ4n) is 1.15. The SMILES string of the molecule is CC[C@@H](N)c1ccc(C(F)(F)F)cc1. The molecule has 0 aliphatic rings. The fraction of sp³-hybridized carbons (Fsp3) is 0.400. The lowest BCUT2D eigenvalue weighted by molar-refractivity contribution is -0.137. The molecule has 78 valence electrons. The maximum absolute atomic E-state index is 12.2. The van der Waals surface area contributed by atoms with Crippen molar-refractivity contribution in [3.63, 3.8) is 0 Å². The van der Waals surface area contributed by atoms with Gasteiger partial charge < -0.3 is 5.73 Å². The zero-order chi connectivity index (χ0) is 10.8. The van der Waals surface area contributed by atoms with Gasteiger partial charge >= 0.3 is 6.18 Å². The highest BCUT2D eigenvalue weighted by Gasteiger charge is 2.29. The monoisotopic (exact) mass is 203 g/mol. The Hall–Kier alpha value is -1.03. The predicted octanol–water partition coefficient (Wildman–Crippen LogP) is 3.12. The molecule has 0 amide bonds. The second-order valence-corrected chi connectivity index (χ2v) is 3.13. The average Bonchev–Trinajstić information content (AvgIpc) is 2.15. The van der Waals surface area contributed by atoms with E-state index in [1.54, 1.807) is 0 Å². The smallest absolute Gasteiger partial charge is 0.324 e. The van der Waals surface area contributed by atoms with Crippen LogP contribution in [-0.2, 0) is 6.18 Å². The molecular weight excluding hydrogens is 191 g/mol. The topological polar surface area (TPSA) is 26.0 Å². The zero-order valence-corrected chi connectivity index (χ0v) is 7.81. The summed E-state index contributed by atoms with van der Waals surface area (Å²) in [7, 11) is 0. The van der Waals surface area contributed by atoms with Crippen LogP contribution in [0.3, 0.4) is 0 Å². The Balaban J connectivity index is 2.89. The summed E-state index contributed by atoms with van der Waals surface area (Å²) in [6.45, 7) is 1.89. The van der Waals surface area contributed by atoms with Crippen molar-refractivity contribution in [2.75, 3.05) is 0 Å². The van der Waals surface area contributed by atoms with Gasteiger partial charge in [0, 0.05) is 6.04 Å². The van der Waals surface area contributed by atoms with Crippen molar-refractivity contribution in [2.45, 2.75) is 25.6 Å². The van der Waals surface area contributed by atoms with Gasteiger partial charge in [-0.1, -0.05) is 19.1 Å². The van der Waals surface area contributed by atoms with Gasteiger partial charge in [0.1, 0.15) is 0 Å². The summed E-state index contributed by atoms with van der Waals surface area (Å²) in [5.74, 6) is 0. The molecule has 14 heavy (non-hydrogen) atoms. The summed E-state index contributed by atoms with van der Waals surface area (Å²) < 4.78 is 36.5. The Kier molecular flexibility index (Phi) is 3.16. The third kappa shape index (κ3) is 2.48. The Morgan fingerprint density at radius 3 is 2.07 bits per heavy atom. The Morgan fingerprint density at radius 1 is 1.21 bits per heavy atom. The van der Waals surface area contributed by atoms with E-state index in [1.165, 1.54) is 12.1 Å². The third-order valence-electron chi connectivity index (χ3n) is 2.11. The highest BCUT2D eigenvalue weighted by atomic mass is 19.4. The van der Waals surface area contributed by atoms with E-state index in [0.29, 0.717) is 6.42 Å². The van der Waals surface area contributed by atoms with Crippen LogP contribution in [0.1, 0.15) is 30.5 Å². The first-order chi connectivity index (χ1) is 6.45. The number of alkyl halides is 3. The largest absolute Gasteiger partial charge is 0.416 e. The minimum atomic E-state index is -4.27. The lowest BCUT2D eigenvalue weighted by Crippen LogP contribution is -2.10. The molecule has 1 atom stereocenters. The molecule has 0 unspecified atom stereocenters. The summed E-state index contributed by atoms with van der Waals surface area (Å²) >= 11 is 0. The van der Waals surface area contributed by atoms with Crippen LogP contribution in [0.15, 0.2) is 24.3 Å². The molecule has 0 fully saturated rings. The van der Waals surface area contributed by atoms with E-state index in [1.807, 2.05) is 6.92 Å². The van der Waals surface area contributed by atoms with Gasteiger partial charge in [-0.05, 0) is 24.1 Å². The molecule has 0 aliphatic carbocycles. The molecule has 1 nitrogen and oxygen atoms in total. The maximum Gasteiger partial charge on any atom is 0.416 e. The van der Waals surface area contributed by atoms with Crippen molar-refractivity contribution in [2.24, 2.45) is 5.73 Å². The molecule has 1 aromatic carbocycles. The van der Waals surface area contributed by atoms with E-state index in [-0.39, 0.29) is 6.04 Å². The Morgan fingerprint density at radius 2 is 1.71 bits per heavy atom. The summed E-state index contributed by atoms with van der Waals surface area (Å²) in [5.41, 5.74) is 5.77. The van der Waals surface area contributed by atoms with E-state index in [9.17, 15) is 13.2 Å². The number of nitrogens with two attached hydrogens (primary N) is 1. The molecular formula is C10H12F3N. The highest BCUT2D eigenvalue weighted by Crippen LogP contribution is 2.29. The van der Waals surface area contributed by atoms with E-state index < -0.39 is 11.7 Å². The molecule has 0 heterocycles. The number of benzene rings is 1. The highest BCUT2D eigenvalue weighted by molar-refractivity contribution is 5.26. The molecule has 0 saturated heterocycles. The van der Waals surface area contributed by atoms with Crippen LogP contribution < -0.4 is 5.73 Å². The number of hydrogen-bond acceptors (Lipinski definition) is 1. The fourth-order valence-corrected chi connectivity index (χ4v) is 1.15. The van der Waals surface area contributed by atoms with Crippen LogP contribution >= 0.6 is 0 Å². The van der Waals surface area contributed by atoms with Gasteiger partial charge in [-0.25, -0.2) is 0 Å². The van der Waals surface area contributed by atoms with E-state index in [2.05, 4.69) is 0 Å². The van der Waals surface area contributed by atoms with Gasteiger partial charge in [-0.15, -0.1) is 0 Å². The predicted molar refractivity (Wildman–Crippen MR) is 48.7 cm³/mol. The van der Waals surface area contributed by atoms with Crippen molar-refractivity contribution >= 4 is 0 Å². The van der Waals surface area contributed by atoms with E-state index >= 15 is 0 Å². The summed E-state index contributed by atoms with van der Waals surface area (Å²) in [5, 5.41) is 0. The van der Waals surface area contributed by atoms with Gasteiger partial charge in [-0.3, -0.25) is 0 Å². The van der Waals surface area contributed by atoms with Crippen LogP contribution in [-0.4, -0.2) is 0 Å². The number of rotatable bonds is 2. The lowest BCUT2D eigenvalue weighted by Gasteiger charge is -2.11. The Labute approximate surface area is 80.7 Å². The molecule has 0 aliphatic heterocycles. The van der Waals surface area contributed by atoms with Crippen molar-refractivity contribution in [3.05, 3.63) is 35.4 Å². The molecule has 0 radical (unpaired) electrons. The molecule has 0 spiro atoms. The molecule has 4 heteroatoms. The zero-order valence-electron chi connectivity index (χ0n) is 7.81. The van der Waals surface area contributed by atoms with Crippen molar-refractivity contribution in [1.82, 2.24) is 0 Å². The average molecular weight is 203 g/mol. The molecule has 0 aromatic heterocycles. The van der Waals surface area contributed by atoms with Gasteiger partial charge in [-0.2, -0.15) is 13.2 Å². The quantitative estimate of drug-likeness (QED) is 0.785. The molecule has 2 N–H and O–H groups in total. The summed E-state index contributed by atoms with van der Waals surface area (Å²) in [6, 6.07) is 4.79. The van der Waals surface area contributed by atoms with Gasteiger partial charge in [0.25, 0.3) is 0 Å². The van der Waals surface area contributed by atoms with Crippen molar-refractivity contribution in [3.8, 4) is 0 Å². The first-order valence-electron chi connectivity index (χ1n) is 4.38. The number of hydrogen-bond donors (Lipinski definition) is 1. The molecule has 0 saturated carbocycles. The Bertz CT molecular complexity index is 289. The van der Waals surface area contributed by atoms with Crippen LogP contribution in [0.25, 0.3) is 0 Å². The standard InChI is InChI=1S/C10H12F3N/c1-2-9(14)7-3-5-8(6-4-7)10(11,12)13/h3-6,9H,2,14H2,1H3/t9-/m1/s1. The second-order valence-electron chi connectivity index (χ2n) is 3.13. The first-order valence-corrected chi connectivity index (χ1v) is 4.38. The first kappa shape index (κ1) is 11.0. The normalized spacial score (nSPS) is 14.1. The minimum Gasteiger partial charge on any atom is -0.324 e. The van der Waals surface area contributed by atoms with Gasteiger partial charge in [0.2, 0.25) is 0 Å². The van der Waals surface area contributed by atoms with E-state index in [0.717, 1.165) is 17.7 Å². The molecule has 1 rings (SSSR count). The van der Waals surface area contributed by atoms with Crippen LogP contribution in [0.2, 0.25) is 0 Å². The van der Waals surface area contributed by atoms with Crippen molar-refractivity contribution < 1.29 is 13.2 Å². The maximum atomic E-state index is 12.2. The van der Waals surface area contributed by atoms with Crippen molar-refractivity contribution in [1.29, 1.82) is 0 Å². The van der Waals surface area contributed by atoms with Crippen LogP contribution in [0.5, 0.6) is 0 Å².